The first-order valence-electron chi connectivity index (χ1n) is 9.67. The Morgan fingerprint density at radius 3 is 1.62 bits per heavy atom. The van der Waals surface area contributed by atoms with Crippen molar-refractivity contribution >= 4 is 53.5 Å². The van der Waals surface area contributed by atoms with Crippen molar-refractivity contribution in [1.29, 1.82) is 0 Å². The molecule has 2 heterocycles. The molecule has 2 aromatic rings. The lowest BCUT2D eigenvalue weighted by Gasteiger charge is -2.42. The Labute approximate surface area is 204 Å². The summed E-state index contributed by atoms with van der Waals surface area (Å²) in [6.45, 7) is 20.7. The Kier molecular flexibility index (Phi) is 9.41. The highest BCUT2D eigenvalue weighted by molar-refractivity contribution is 14.1. The number of aliphatic hydroxyl groups is 1. The quantitative estimate of drug-likeness (QED) is 0.331. The van der Waals surface area contributed by atoms with E-state index < -0.39 is 13.9 Å². The van der Waals surface area contributed by atoms with E-state index in [1.807, 2.05) is 17.1 Å². The summed E-state index contributed by atoms with van der Waals surface area (Å²) in [5.41, 5.74) is -0.823. The Morgan fingerprint density at radius 2 is 1.31 bits per heavy atom. The van der Waals surface area contributed by atoms with Gasteiger partial charge in [-0.15, -0.1) is 0 Å². The maximum absolute atomic E-state index is 9.43. The number of hydrogen-bond donors (Lipinski definition) is 1. The average Bonchev–Trinajstić information content (AvgIpc) is 3.03. The molecule has 0 radical (unpaired) electrons. The molecule has 0 atom stereocenters. The highest BCUT2D eigenvalue weighted by Crippen LogP contribution is 2.39. The molecule has 29 heavy (non-hydrogen) atoms. The van der Waals surface area contributed by atoms with Crippen LogP contribution in [-0.2, 0) is 17.5 Å². The molecule has 0 aliphatic carbocycles. The molecule has 0 unspecified atom stereocenters. The average molecular weight is 646 g/mol. The van der Waals surface area contributed by atoms with Crippen LogP contribution in [0.4, 0.5) is 0 Å². The molecule has 0 amide bonds. The maximum Gasteiger partial charge on any atom is 0.192 e. The van der Waals surface area contributed by atoms with Gasteiger partial charge in [0.05, 0.1) is 36.9 Å². The molecule has 2 rings (SSSR count). The van der Waals surface area contributed by atoms with Crippen molar-refractivity contribution in [1.82, 2.24) is 19.1 Å². The SMILES string of the molecule is CC(C)(Cn1cnc(I)c1)O[Si](C)(C)C(C)(C)C.CC(C)(O)Cn1cnc(I)c1. The van der Waals surface area contributed by atoms with Crippen molar-refractivity contribution in [2.75, 3.05) is 0 Å². The van der Waals surface area contributed by atoms with Crippen LogP contribution >= 0.6 is 45.2 Å². The van der Waals surface area contributed by atoms with Crippen LogP contribution in [0.2, 0.25) is 18.1 Å². The van der Waals surface area contributed by atoms with Gasteiger partial charge in [-0.2, -0.15) is 0 Å². The molecule has 0 saturated heterocycles. The second-order valence-corrected chi connectivity index (χ2v) is 17.1. The number of aromatic nitrogens is 4. The van der Waals surface area contributed by atoms with E-state index in [-0.39, 0.29) is 10.6 Å². The van der Waals surface area contributed by atoms with Crippen LogP contribution in [0, 0.1) is 7.40 Å². The minimum absolute atomic E-state index is 0.160. The third-order valence-corrected chi connectivity index (χ3v) is 10.5. The Morgan fingerprint density at radius 1 is 0.897 bits per heavy atom. The number of halogens is 2. The van der Waals surface area contributed by atoms with Crippen LogP contribution < -0.4 is 0 Å². The first-order chi connectivity index (χ1) is 12.9. The second kappa shape index (κ2) is 10.1. The Hall–Kier alpha value is 0.0169. The fraction of sp³-hybridized carbons (Fsp3) is 0.700. The summed E-state index contributed by atoms with van der Waals surface area (Å²) >= 11 is 4.37. The molecular formula is C20H36I2N4O2Si. The van der Waals surface area contributed by atoms with E-state index in [0.717, 1.165) is 13.9 Å². The zero-order valence-corrected chi connectivity index (χ0v) is 24.4. The number of nitrogens with zero attached hydrogens (tertiary/aromatic N) is 4. The van der Waals surface area contributed by atoms with Gasteiger partial charge in [0.25, 0.3) is 0 Å². The third-order valence-electron chi connectivity index (χ3n) is 4.67. The van der Waals surface area contributed by atoms with E-state index in [1.165, 1.54) is 0 Å². The zero-order valence-electron chi connectivity index (χ0n) is 19.1. The standard InChI is InChI=1S/C13H25IN2OSi.C7H11IN2O/c1-12(2,3)18(6,7)17-13(4,5)9-16-8-11(14)15-10-16;1-7(2,11)4-10-3-6(8)9-5-10/h8,10H,9H2,1-7H3;3,5,11H,4H2,1-2H3. The molecule has 0 aromatic carbocycles. The van der Waals surface area contributed by atoms with Gasteiger partial charge < -0.3 is 18.7 Å². The summed E-state index contributed by atoms with van der Waals surface area (Å²) in [7, 11) is -1.72. The lowest BCUT2D eigenvalue weighted by atomic mass is 10.1. The van der Waals surface area contributed by atoms with Gasteiger partial charge in [-0.1, -0.05) is 20.8 Å². The fourth-order valence-corrected chi connectivity index (χ4v) is 5.32. The van der Waals surface area contributed by atoms with Gasteiger partial charge in [-0.3, -0.25) is 0 Å². The summed E-state index contributed by atoms with van der Waals surface area (Å²) in [5.74, 6) is 0. The molecule has 6 nitrogen and oxygen atoms in total. The second-order valence-electron chi connectivity index (χ2n) is 10.2. The van der Waals surface area contributed by atoms with Gasteiger partial charge in [0, 0.05) is 12.4 Å². The lowest BCUT2D eigenvalue weighted by Crippen LogP contribution is -2.48. The van der Waals surface area contributed by atoms with Crippen LogP contribution in [0.3, 0.4) is 0 Å². The van der Waals surface area contributed by atoms with Gasteiger partial charge in [-0.25, -0.2) is 9.97 Å². The van der Waals surface area contributed by atoms with E-state index in [0.29, 0.717) is 6.54 Å². The van der Waals surface area contributed by atoms with Gasteiger partial charge >= 0.3 is 0 Å². The third kappa shape index (κ3) is 10.2. The van der Waals surface area contributed by atoms with Crippen LogP contribution in [0.15, 0.2) is 25.0 Å². The van der Waals surface area contributed by atoms with Crippen molar-refractivity contribution in [2.45, 2.75) is 90.9 Å². The Bertz CT molecular complexity index is 774. The predicted molar refractivity (Wildman–Crippen MR) is 139 cm³/mol. The van der Waals surface area contributed by atoms with Crippen molar-refractivity contribution < 1.29 is 9.53 Å². The van der Waals surface area contributed by atoms with Gasteiger partial charge in [0.15, 0.2) is 8.32 Å². The summed E-state index contributed by atoms with van der Waals surface area (Å²) in [6, 6.07) is 0. The zero-order chi connectivity index (χ0) is 22.7. The normalized spacial score (nSPS) is 13.2. The van der Waals surface area contributed by atoms with Crippen molar-refractivity contribution in [2.24, 2.45) is 0 Å². The number of imidazole rings is 2. The molecule has 0 spiro atoms. The number of rotatable bonds is 6. The molecule has 0 fully saturated rings. The van der Waals surface area contributed by atoms with Crippen molar-refractivity contribution in [3.8, 4) is 0 Å². The highest BCUT2D eigenvalue weighted by atomic mass is 127. The predicted octanol–water partition coefficient (Wildman–Crippen LogP) is 5.55. The first kappa shape index (κ1) is 27.1. The van der Waals surface area contributed by atoms with Gasteiger partial charge in [0.1, 0.15) is 7.40 Å². The summed E-state index contributed by atoms with van der Waals surface area (Å²) in [5, 5.41) is 9.67. The largest absolute Gasteiger partial charge is 0.410 e. The summed E-state index contributed by atoms with van der Waals surface area (Å²) in [6.07, 6.45) is 7.55. The first-order valence-corrected chi connectivity index (χ1v) is 14.7. The molecule has 166 valence electrons. The van der Waals surface area contributed by atoms with E-state index in [2.05, 4.69) is 114 Å². The number of hydrogen-bond acceptors (Lipinski definition) is 4. The van der Waals surface area contributed by atoms with Crippen molar-refractivity contribution in [3.05, 3.63) is 32.4 Å². The van der Waals surface area contributed by atoms with E-state index in [9.17, 15) is 5.11 Å². The smallest absolute Gasteiger partial charge is 0.192 e. The van der Waals surface area contributed by atoms with Crippen LogP contribution in [0.1, 0.15) is 48.5 Å². The van der Waals surface area contributed by atoms with Crippen molar-refractivity contribution in [3.63, 3.8) is 0 Å². The molecular weight excluding hydrogens is 610 g/mol. The van der Waals surface area contributed by atoms with Crippen LogP contribution in [-0.4, -0.2) is 43.7 Å². The minimum Gasteiger partial charge on any atom is -0.410 e. The fourth-order valence-electron chi connectivity index (χ4n) is 2.60. The monoisotopic (exact) mass is 646 g/mol. The molecule has 0 aliphatic heterocycles. The summed E-state index contributed by atoms with van der Waals surface area (Å²) in [4.78, 5) is 8.29. The summed E-state index contributed by atoms with van der Waals surface area (Å²) < 4.78 is 12.4. The molecule has 0 saturated carbocycles. The van der Waals surface area contributed by atoms with Gasteiger partial charge in [-0.05, 0) is 91.0 Å². The Balaban J connectivity index is 0.000000326. The van der Waals surface area contributed by atoms with E-state index in [1.54, 1.807) is 20.2 Å². The minimum atomic E-state index is -1.72. The highest BCUT2D eigenvalue weighted by Gasteiger charge is 2.41. The molecule has 0 bridgehead atoms. The lowest BCUT2D eigenvalue weighted by molar-refractivity contribution is 0.0614. The molecule has 1 N–H and O–H groups in total. The van der Waals surface area contributed by atoms with Gasteiger partial charge in [0.2, 0.25) is 0 Å². The van der Waals surface area contributed by atoms with E-state index >= 15 is 0 Å². The molecule has 9 heteroatoms. The topological polar surface area (TPSA) is 65.1 Å². The molecule has 2 aromatic heterocycles. The van der Waals surface area contributed by atoms with Crippen LogP contribution in [0.5, 0.6) is 0 Å². The maximum atomic E-state index is 9.43. The molecule has 0 aliphatic rings. The van der Waals surface area contributed by atoms with Crippen LogP contribution in [0.25, 0.3) is 0 Å². The van der Waals surface area contributed by atoms with E-state index in [4.69, 9.17) is 4.43 Å².